The number of likely N-dealkylation sites (tertiary alicyclic amines) is 1. The zero-order valence-corrected chi connectivity index (χ0v) is 32.6. The fourth-order valence-corrected chi connectivity index (χ4v) is 13.2. The van der Waals surface area contributed by atoms with E-state index in [1.807, 2.05) is 56.0 Å². The van der Waals surface area contributed by atoms with Gasteiger partial charge in [-0.1, -0.05) is 37.6 Å². The van der Waals surface area contributed by atoms with E-state index in [0.29, 0.717) is 24.4 Å². The van der Waals surface area contributed by atoms with Crippen LogP contribution < -0.4 is 5.32 Å². The lowest BCUT2D eigenvalue weighted by molar-refractivity contribution is -0.164. The number of nitrogens with one attached hydrogen (secondary N) is 1. The van der Waals surface area contributed by atoms with Crippen molar-refractivity contribution in [2.75, 3.05) is 19.7 Å². The predicted molar refractivity (Wildman–Crippen MR) is 200 cm³/mol. The van der Waals surface area contributed by atoms with E-state index in [2.05, 4.69) is 19.2 Å². The maximum atomic E-state index is 14.5. The summed E-state index contributed by atoms with van der Waals surface area (Å²) in [7, 11) is 0. The molecule has 1 aliphatic heterocycles. The number of ketones is 2. The minimum atomic E-state index is -0.962. The molecule has 2 N–H and O–H groups in total. The Morgan fingerprint density at radius 3 is 2.44 bits per heavy atom. The largest absolute Gasteiger partial charge is 0.458 e. The van der Waals surface area contributed by atoms with Crippen LogP contribution in [0.1, 0.15) is 102 Å². The fraction of sp³-hybridized carbons (Fsp3) is 0.659. The summed E-state index contributed by atoms with van der Waals surface area (Å²) in [6.07, 6.45) is 11.0. The van der Waals surface area contributed by atoms with Crippen LogP contribution in [0.4, 0.5) is 4.79 Å². The minimum Gasteiger partial charge on any atom is -0.458 e. The first-order valence-electron chi connectivity index (χ1n) is 20.0. The first-order chi connectivity index (χ1) is 25.4. The molecule has 0 radical (unpaired) electrons. The smallest absolute Gasteiger partial charge is 0.407 e. The van der Waals surface area contributed by atoms with Crippen molar-refractivity contribution in [2.24, 2.45) is 51.2 Å². The third-order valence-corrected chi connectivity index (χ3v) is 15.3. The number of alkyl carbamates (subject to hydrolysis) is 1. The number of carbonyl (C=O) groups is 5. The Kier molecular flexibility index (Phi) is 8.68. The quantitative estimate of drug-likeness (QED) is 0.325. The fourth-order valence-electron chi connectivity index (χ4n) is 13.2. The van der Waals surface area contributed by atoms with Gasteiger partial charge in [0.2, 0.25) is 0 Å². The molecule has 0 aromatic heterocycles. The lowest BCUT2D eigenvalue weighted by Crippen LogP contribution is -2.60. The molecule has 9 rings (SSSR count). The van der Waals surface area contributed by atoms with E-state index in [0.717, 1.165) is 56.1 Å². The highest BCUT2D eigenvalue weighted by Gasteiger charge is 2.74. The standard InChI is InChI=1S/C44H56N2O8/c1-25(47)53-23-36(50)44-24-46(22-30(44)16-33-32-12-11-29-15-31(48)13-14-41(29,5)37(32)35(49)21-42(33,44)6)38(51)27-9-7-26(8-10-27)17-43-18-28(19-43)34(20-43)45-39(52)54-40(2,3)4/h7-10,13-15,28,30,32-35,37,49H,11-12,16-24H2,1-6H3,(H,45,52)/t28?,30-,32-,33-,34?,35-,37+,41-,42-,43?,44+/m0/s1. The third kappa shape index (κ3) is 5.79. The van der Waals surface area contributed by atoms with Crippen LogP contribution in [0.25, 0.3) is 0 Å². The van der Waals surface area contributed by atoms with Gasteiger partial charge < -0.3 is 24.8 Å². The van der Waals surface area contributed by atoms with Gasteiger partial charge in [0.15, 0.2) is 18.2 Å². The highest BCUT2D eigenvalue weighted by atomic mass is 16.6. The molecule has 1 aromatic carbocycles. The number of esters is 1. The number of hydrogen-bond donors (Lipinski definition) is 2. The Morgan fingerprint density at radius 1 is 1.04 bits per heavy atom. The number of carbonyl (C=O) groups excluding carboxylic acids is 5. The maximum absolute atomic E-state index is 14.5. The first-order valence-corrected chi connectivity index (χ1v) is 20.0. The molecule has 1 unspecified atom stereocenters. The average Bonchev–Trinajstić information content (AvgIpc) is 3.78. The summed E-state index contributed by atoms with van der Waals surface area (Å²) in [4.78, 5) is 67.3. The molecule has 7 aliphatic carbocycles. The number of allylic oxidation sites excluding steroid dienone is 4. The van der Waals surface area contributed by atoms with Gasteiger partial charge in [0.25, 0.3) is 5.91 Å². The van der Waals surface area contributed by atoms with E-state index < -0.39 is 33.9 Å². The number of ether oxygens (including phenoxy) is 2. The van der Waals surface area contributed by atoms with Gasteiger partial charge in [-0.05, 0) is 136 Å². The number of aliphatic hydroxyl groups is 1. The molecule has 2 bridgehead atoms. The molecule has 10 nitrogen and oxygen atoms in total. The van der Waals surface area contributed by atoms with Gasteiger partial charge in [-0.3, -0.25) is 19.2 Å². The van der Waals surface area contributed by atoms with Gasteiger partial charge in [-0.25, -0.2) is 4.79 Å². The van der Waals surface area contributed by atoms with E-state index in [-0.39, 0.29) is 71.8 Å². The normalized spacial score (nSPS) is 40.1. The minimum absolute atomic E-state index is 0.00579. The summed E-state index contributed by atoms with van der Waals surface area (Å²) in [5, 5.41) is 15.2. The first kappa shape index (κ1) is 37.1. The zero-order chi connectivity index (χ0) is 38.6. The molecule has 290 valence electrons. The number of nitrogens with zero attached hydrogens (tertiary/aromatic N) is 1. The van der Waals surface area contributed by atoms with E-state index in [1.165, 1.54) is 6.92 Å². The van der Waals surface area contributed by atoms with Crippen LogP contribution in [-0.2, 0) is 30.3 Å². The van der Waals surface area contributed by atoms with Crippen molar-refractivity contribution in [2.45, 2.75) is 111 Å². The number of hydrogen-bond acceptors (Lipinski definition) is 8. The van der Waals surface area contributed by atoms with E-state index in [9.17, 15) is 29.1 Å². The van der Waals surface area contributed by atoms with Gasteiger partial charge >= 0.3 is 12.1 Å². The van der Waals surface area contributed by atoms with Gasteiger partial charge in [0.05, 0.1) is 11.5 Å². The van der Waals surface area contributed by atoms with Crippen LogP contribution in [0.5, 0.6) is 0 Å². The monoisotopic (exact) mass is 740 g/mol. The van der Waals surface area contributed by atoms with Crippen LogP contribution in [0, 0.1) is 51.2 Å². The SMILES string of the molecule is CC(=O)OCC(=O)[C@@]12CN(C(=O)c3ccc(CC45CC(C4)C(NC(=O)OC(C)(C)C)C5)cc3)C[C@@H]1C[C@H]1[C@@H]3CCC4=CC(=O)C=C[C@]4(C)[C@H]3[C@@H](O)C[C@@]12C. The summed E-state index contributed by atoms with van der Waals surface area (Å²) in [5.74, 6) is -0.263. The van der Waals surface area contributed by atoms with Crippen LogP contribution in [0.3, 0.4) is 0 Å². The predicted octanol–water partition coefficient (Wildman–Crippen LogP) is 6.00. The highest BCUT2D eigenvalue weighted by molar-refractivity contribution is 6.01. The summed E-state index contributed by atoms with van der Waals surface area (Å²) in [5.41, 5.74) is 0.426. The second-order valence-corrected chi connectivity index (χ2v) is 19.5. The molecular weight excluding hydrogens is 684 g/mol. The molecule has 8 aliphatic rings. The molecule has 10 heteroatoms. The molecule has 9 atom stereocenters. The molecule has 1 heterocycles. The Balaban J connectivity index is 0.990. The summed E-state index contributed by atoms with van der Waals surface area (Å²) < 4.78 is 10.8. The number of Topliss-reactive ketones (excluding diaryl/α,β-unsaturated/α-hetero) is 1. The number of benzene rings is 1. The highest BCUT2D eigenvalue weighted by Crippen LogP contribution is 2.72. The van der Waals surface area contributed by atoms with Crippen molar-refractivity contribution >= 4 is 29.5 Å². The van der Waals surface area contributed by atoms with Crippen molar-refractivity contribution in [3.05, 3.63) is 59.2 Å². The van der Waals surface area contributed by atoms with Gasteiger partial charge in [-0.15, -0.1) is 0 Å². The van der Waals surface area contributed by atoms with Crippen LogP contribution in [0.15, 0.2) is 48.1 Å². The molecule has 1 saturated heterocycles. The van der Waals surface area contributed by atoms with Crippen LogP contribution in [0.2, 0.25) is 0 Å². The van der Waals surface area contributed by atoms with Crippen molar-refractivity contribution in [1.29, 1.82) is 0 Å². The molecule has 0 spiro atoms. The van der Waals surface area contributed by atoms with Gasteiger partial charge in [0, 0.05) is 43.0 Å². The molecular formula is C44H56N2O8. The van der Waals surface area contributed by atoms with E-state index in [1.54, 1.807) is 12.2 Å². The molecule has 6 saturated carbocycles. The van der Waals surface area contributed by atoms with E-state index >= 15 is 0 Å². The Hall–Kier alpha value is -3.79. The number of amides is 2. The van der Waals surface area contributed by atoms with Crippen molar-refractivity contribution < 1.29 is 38.6 Å². The Morgan fingerprint density at radius 2 is 1.76 bits per heavy atom. The number of rotatable bonds is 7. The van der Waals surface area contributed by atoms with Crippen LogP contribution >= 0.6 is 0 Å². The second kappa shape index (κ2) is 12.6. The van der Waals surface area contributed by atoms with Crippen molar-refractivity contribution in [3.63, 3.8) is 0 Å². The Labute approximate surface area is 318 Å². The lowest BCUT2D eigenvalue weighted by atomic mass is 9.44. The maximum Gasteiger partial charge on any atom is 0.407 e. The van der Waals surface area contributed by atoms with E-state index in [4.69, 9.17) is 9.47 Å². The number of fused-ring (bicyclic) bond motifs is 8. The van der Waals surface area contributed by atoms with Crippen molar-refractivity contribution in [3.8, 4) is 0 Å². The lowest BCUT2D eigenvalue weighted by Gasteiger charge is -2.60. The molecule has 7 fully saturated rings. The van der Waals surface area contributed by atoms with Crippen molar-refractivity contribution in [1.82, 2.24) is 10.2 Å². The third-order valence-electron chi connectivity index (χ3n) is 15.3. The Bertz CT molecular complexity index is 1840. The summed E-state index contributed by atoms with van der Waals surface area (Å²) in [6, 6.07) is 7.99. The molecule has 2 amide bonds. The van der Waals surface area contributed by atoms with Crippen LogP contribution in [-0.4, -0.2) is 77.0 Å². The molecule has 54 heavy (non-hydrogen) atoms. The molecule has 1 aromatic rings. The van der Waals surface area contributed by atoms with Gasteiger partial charge in [0.1, 0.15) is 5.60 Å². The number of aliphatic hydroxyl groups excluding tert-OH is 1. The summed E-state index contributed by atoms with van der Waals surface area (Å²) >= 11 is 0. The van der Waals surface area contributed by atoms with Gasteiger partial charge in [-0.2, -0.15) is 0 Å². The zero-order valence-electron chi connectivity index (χ0n) is 32.6. The second-order valence-electron chi connectivity index (χ2n) is 19.5. The summed E-state index contributed by atoms with van der Waals surface area (Å²) in [6.45, 7) is 11.5. The average molecular weight is 741 g/mol. The topological polar surface area (TPSA) is 139 Å².